The first-order valence-corrected chi connectivity index (χ1v) is 7.14. The summed E-state index contributed by atoms with van der Waals surface area (Å²) in [5.74, 6) is 0.0765. The third-order valence-electron chi connectivity index (χ3n) is 3.12. The number of benzene rings is 1. The van der Waals surface area contributed by atoms with Crippen molar-refractivity contribution in [2.75, 3.05) is 7.05 Å². The van der Waals surface area contributed by atoms with Gasteiger partial charge in [0.1, 0.15) is 5.75 Å². The van der Waals surface area contributed by atoms with Gasteiger partial charge in [-0.1, -0.05) is 12.1 Å². The Morgan fingerprint density at radius 1 is 1.27 bits per heavy atom. The van der Waals surface area contributed by atoms with Crippen LogP contribution >= 0.6 is 0 Å². The summed E-state index contributed by atoms with van der Waals surface area (Å²) in [5.41, 5.74) is 0.639. The highest BCUT2D eigenvalue weighted by Crippen LogP contribution is 2.16. The van der Waals surface area contributed by atoms with E-state index in [-0.39, 0.29) is 23.2 Å². The quantitative estimate of drug-likeness (QED) is 0.877. The van der Waals surface area contributed by atoms with E-state index < -0.39 is 6.61 Å². The van der Waals surface area contributed by atoms with Crippen LogP contribution in [0.15, 0.2) is 24.3 Å². The average Bonchev–Trinajstić information content (AvgIpc) is 2.37. The maximum absolute atomic E-state index is 12.1. The minimum Gasteiger partial charge on any atom is -0.435 e. The highest BCUT2D eigenvalue weighted by Gasteiger charge is 2.22. The molecule has 0 fully saturated rings. The number of likely N-dealkylation sites (N-methyl/N-ethyl adjacent to an activating group) is 1. The first kappa shape index (κ1) is 18.4. The molecule has 1 atom stereocenters. The second kappa shape index (κ2) is 7.54. The summed E-state index contributed by atoms with van der Waals surface area (Å²) in [4.78, 5) is 14.0. The molecule has 0 spiro atoms. The van der Waals surface area contributed by atoms with Gasteiger partial charge in [-0.05, 0) is 52.4 Å². The second-order valence-electron chi connectivity index (χ2n) is 6.35. The van der Waals surface area contributed by atoms with Crippen LogP contribution in [0, 0.1) is 0 Å². The fourth-order valence-corrected chi connectivity index (χ4v) is 1.88. The van der Waals surface area contributed by atoms with Gasteiger partial charge < -0.3 is 10.1 Å². The van der Waals surface area contributed by atoms with Crippen molar-refractivity contribution in [3.63, 3.8) is 0 Å². The molecule has 1 unspecified atom stereocenters. The predicted molar refractivity (Wildman–Crippen MR) is 81.9 cm³/mol. The molecular formula is C16H24F2N2O2. The minimum atomic E-state index is -2.82. The Morgan fingerprint density at radius 2 is 1.82 bits per heavy atom. The van der Waals surface area contributed by atoms with Crippen molar-refractivity contribution in [2.45, 2.75) is 52.4 Å². The fraction of sp³-hybridized carbons (Fsp3) is 0.562. The molecule has 0 aliphatic rings. The van der Waals surface area contributed by atoms with Crippen LogP contribution in [0.4, 0.5) is 8.78 Å². The van der Waals surface area contributed by atoms with Crippen molar-refractivity contribution >= 4 is 5.91 Å². The standard InChI is InChI=1S/C16H24F2N2O2/c1-11(14(21)19-16(2,3)4)20(5)10-12-6-8-13(9-7-12)22-15(17)18/h6-9,11,15H,10H2,1-5H3,(H,19,21). The molecule has 0 aliphatic carbocycles. The van der Waals surface area contributed by atoms with Gasteiger partial charge in [-0.25, -0.2) is 0 Å². The van der Waals surface area contributed by atoms with E-state index in [1.807, 2.05) is 39.6 Å². The normalized spacial score (nSPS) is 13.3. The maximum atomic E-state index is 12.1. The molecule has 0 aromatic heterocycles. The summed E-state index contributed by atoms with van der Waals surface area (Å²) in [6.07, 6.45) is 0. The Labute approximate surface area is 130 Å². The first-order valence-electron chi connectivity index (χ1n) is 7.14. The number of nitrogens with one attached hydrogen (secondary N) is 1. The lowest BCUT2D eigenvalue weighted by Crippen LogP contribution is -2.49. The molecule has 6 heteroatoms. The molecule has 0 saturated heterocycles. The summed E-state index contributed by atoms with van der Waals surface area (Å²) in [6.45, 7) is 5.33. The maximum Gasteiger partial charge on any atom is 0.387 e. The summed E-state index contributed by atoms with van der Waals surface area (Å²) in [6, 6.07) is 6.12. The van der Waals surface area contributed by atoms with Crippen molar-refractivity contribution < 1.29 is 18.3 Å². The van der Waals surface area contributed by atoms with Crippen molar-refractivity contribution in [3.8, 4) is 5.75 Å². The van der Waals surface area contributed by atoms with Crippen LogP contribution in [0.2, 0.25) is 0 Å². The Balaban J connectivity index is 2.60. The smallest absolute Gasteiger partial charge is 0.387 e. The fourth-order valence-electron chi connectivity index (χ4n) is 1.88. The zero-order chi connectivity index (χ0) is 16.9. The van der Waals surface area contributed by atoms with Crippen LogP contribution in [0.3, 0.4) is 0 Å². The van der Waals surface area contributed by atoms with Gasteiger partial charge in [-0.15, -0.1) is 0 Å². The molecule has 1 amide bonds. The highest BCUT2D eigenvalue weighted by atomic mass is 19.3. The Kier molecular flexibility index (Phi) is 6.29. The molecule has 22 heavy (non-hydrogen) atoms. The molecule has 4 nitrogen and oxygen atoms in total. The van der Waals surface area contributed by atoms with Gasteiger partial charge in [0.05, 0.1) is 6.04 Å². The van der Waals surface area contributed by atoms with Crippen LogP contribution in [0.25, 0.3) is 0 Å². The molecule has 0 radical (unpaired) electrons. The van der Waals surface area contributed by atoms with Gasteiger partial charge >= 0.3 is 6.61 Å². The number of carbonyl (C=O) groups is 1. The molecular weight excluding hydrogens is 290 g/mol. The number of ether oxygens (including phenoxy) is 1. The van der Waals surface area contributed by atoms with Gasteiger partial charge in [0.15, 0.2) is 0 Å². The van der Waals surface area contributed by atoms with Gasteiger partial charge in [0, 0.05) is 12.1 Å². The lowest BCUT2D eigenvalue weighted by Gasteiger charge is -2.28. The van der Waals surface area contributed by atoms with E-state index in [4.69, 9.17) is 0 Å². The van der Waals surface area contributed by atoms with Crippen LogP contribution in [-0.4, -0.2) is 36.0 Å². The topological polar surface area (TPSA) is 41.6 Å². The molecule has 1 rings (SSSR count). The summed E-state index contributed by atoms with van der Waals surface area (Å²) < 4.78 is 28.5. The van der Waals surface area contributed by atoms with Crippen LogP contribution in [0.1, 0.15) is 33.3 Å². The van der Waals surface area contributed by atoms with E-state index in [1.165, 1.54) is 12.1 Å². The lowest BCUT2D eigenvalue weighted by atomic mass is 10.1. The largest absolute Gasteiger partial charge is 0.435 e. The van der Waals surface area contributed by atoms with E-state index in [1.54, 1.807) is 12.1 Å². The van der Waals surface area contributed by atoms with Crippen LogP contribution < -0.4 is 10.1 Å². The summed E-state index contributed by atoms with van der Waals surface area (Å²) >= 11 is 0. The molecule has 0 heterocycles. The van der Waals surface area contributed by atoms with Crippen molar-refractivity contribution in [3.05, 3.63) is 29.8 Å². The Morgan fingerprint density at radius 3 is 2.27 bits per heavy atom. The number of hydrogen-bond donors (Lipinski definition) is 1. The zero-order valence-electron chi connectivity index (χ0n) is 13.7. The van der Waals surface area contributed by atoms with E-state index in [2.05, 4.69) is 10.1 Å². The van der Waals surface area contributed by atoms with E-state index in [0.29, 0.717) is 6.54 Å². The Bertz CT molecular complexity index is 484. The highest BCUT2D eigenvalue weighted by molar-refractivity contribution is 5.81. The first-order chi connectivity index (χ1) is 10.1. The van der Waals surface area contributed by atoms with Crippen molar-refractivity contribution in [1.82, 2.24) is 10.2 Å². The predicted octanol–water partition coefficient (Wildman–Crippen LogP) is 3.02. The van der Waals surface area contributed by atoms with Gasteiger partial charge in [-0.2, -0.15) is 8.78 Å². The third-order valence-corrected chi connectivity index (χ3v) is 3.12. The molecule has 0 saturated carbocycles. The van der Waals surface area contributed by atoms with E-state index >= 15 is 0 Å². The lowest BCUT2D eigenvalue weighted by molar-refractivity contribution is -0.127. The number of hydrogen-bond acceptors (Lipinski definition) is 3. The molecule has 1 aromatic rings. The molecule has 1 N–H and O–H groups in total. The zero-order valence-corrected chi connectivity index (χ0v) is 13.7. The van der Waals surface area contributed by atoms with Gasteiger partial charge in [-0.3, -0.25) is 9.69 Å². The minimum absolute atomic E-state index is 0.0485. The summed E-state index contributed by atoms with van der Waals surface area (Å²) in [7, 11) is 1.84. The van der Waals surface area contributed by atoms with Gasteiger partial charge in [0.2, 0.25) is 5.91 Å². The number of nitrogens with zero attached hydrogens (tertiary/aromatic N) is 1. The molecule has 1 aromatic carbocycles. The molecule has 0 aliphatic heterocycles. The number of carbonyl (C=O) groups excluding carboxylic acids is 1. The second-order valence-corrected chi connectivity index (χ2v) is 6.35. The van der Waals surface area contributed by atoms with E-state index in [0.717, 1.165) is 5.56 Å². The molecule has 0 bridgehead atoms. The number of rotatable bonds is 6. The third kappa shape index (κ3) is 6.39. The number of alkyl halides is 2. The monoisotopic (exact) mass is 314 g/mol. The van der Waals surface area contributed by atoms with E-state index in [9.17, 15) is 13.6 Å². The van der Waals surface area contributed by atoms with Crippen LogP contribution in [0.5, 0.6) is 5.75 Å². The SMILES string of the molecule is CC(C(=O)NC(C)(C)C)N(C)Cc1ccc(OC(F)F)cc1. The number of amides is 1. The molecule has 124 valence electrons. The number of halogens is 2. The van der Waals surface area contributed by atoms with Crippen molar-refractivity contribution in [1.29, 1.82) is 0 Å². The average molecular weight is 314 g/mol. The Hall–Kier alpha value is -1.69. The van der Waals surface area contributed by atoms with Crippen LogP contribution in [-0.2, 0) is 11.3 Å². The summed E-state index contributed by atoms with van der Waals surface area (Å²) in [5, 5.41) is 2.93. The van der Waals surface area contributed by atoms with Crippen molar-refractivity contribution in [2.24, 2.45) is 0 Å². The van der Waals surface area contributed by atoms with Gasteiger partial charge in [0.25, 0.3) is 0 Å².